The van der Waals surface area contributed by atoms with E-state index in [9.17, 15) is 13.2 Å². The average Bonchev–Trinajstić information content (AvgIpc) is 3.28. The summed E-state index contributed by atoms with van der Waals surface area (Å²) in [5.74, 6) is -0.0636. The predicted molar refractivity (Wildman–Crippen MR) is 119 cm³/mol. The van der Waals surface area contributed by atoms with Crippen molar-refractivity contribution in [2.45, 2.75) is 45.4 Å². The van der Waals surface area contributed by atoms with Crippen LogP contribution in [0.25, 0.3) is 5.69 Å². The van der Waals surface area contributed by atoms with Gasteiger partial charge in [-0.2, -0.15) is 9.40 Å². The molecule has 0 radical (unpaired) electrons. The Labute approximate surface area is 187 Å². The van der Waals surface area contributed by atoms with Crippen LogP contribution >= 0.6 is 0 Å². The predicted octanol–water partition coefficient (Wildman–Crippen LogP) is 3.13. The molecule has 0 bridgehead atoms. The fraction of sp³-hybridized carbons (Fsp3) is 0.409. The third kappa shape index (κ3) is 4.20. The standard InChI is InChI=1S/C22H27N5O4S/c1-14-13-15(2)27(24-14)20-7-5-19(6-8-20)23-22(28)18-9-11-26(12-10-18)32(29,30)21-16(3)25-31-17(21)4/h5-8,13,18H,9-12H2,1-4H3,(H,23,28). The number of nitrogens with one attached hydrogen (secondary N) is 1. The Morgan fingerprint density at radius 3 is 2.28 bits per heavy atom. The van der Waals surface area contributed by atoms with Crippen molar-refractivity contribution >= 4 is 21.6 Å². The fourth-order valence-electron chi connectivity index (χ4n) is 4.15. The molecular formula is C22H27N5O4S. The Bertz CT molecular complexity index is 1220. The topological polar surface area (TPSA) is 110 Å². The summed E-state index contributed by atoms with van der Waals surface area (Å²) < 4.78 is 34.2. The first-order chi connectivity index (χ1) is 15.2. The molecule has 2 aromatic heterocycles. The summed E-state index contributed by atoms with van der Waals surface area (Å²) in [5, 5.41) is 11.2. The molecule has 1 amide bonds. The Morgan fingerprint density at radius 1 is 1.09 bits per heavy atom. The van der Waals surface area contributed by atoms with Crippen molar-refractivity contribution in [3.05, 3.63) is 53.2 Å². The SMILES string of the molecule is Cc1cc(C)n(-c2ccc(NC(=O)C3CCN(S(=O)(=O)c4c(C)noc4C)CC3)cc2)n1. The number of hydrogen-bond donors (Lipinski definition) is 1. The van der Waals surface area contributed by atoms with E-state index in [0.717, 1.165) is 17.1 Å². The molecule has 0 saturated carbocycles. The van der Waals surface area contributed by atoms with Crippen LogP contribution in [0.2, 0.25) is 0 Å². The number of benzene rings is 1. The zero-order chi connectivity index (χ0) is 23.0. The van der Waals surface area contributed by atoms with E-state index in [1.165, 1.54) is 4.31 Å². The van der Waals surface area contributed by atoms with E-state index in [-0.39, 0.29) is 35.6 Å². The number of rotatable bonds is 5. The third-order valence-electron chi connectivity index (χ3n) is 5.78. The second-order valence-corrected chi connectivity index (χ2v) is 10.1. The number of piperidine rings is 1. The van der Waals surface area contributed by atoms with Crippen LogP contribution in [0.3, 0.4) is 0 Å². The summed E-state index contributed by atoms with van der Waals surface area (Å²) in [6, 6.07) is 9.52. The lowest BCUT2D eigenvalue weighted by atomic mass is 9.97. The highest BCUT2D eigenvalue weighted by atomic mass is 32.2. The molecule has 3 aromatic rings. The minimum absolute atomic E-state index is 0.0988. The summed E-state index contributed by atoms with van der Waals surface area (Å²) in [5.41, 5.74) is 3.96. The first kappa shape index (κ1) is 22.2. The van der Waals surface area contributed by atoms with Crippen molar-refractivity contribution in [3.8, 4) is 5.69 Å². The number of hydrogen-bond acceptors (Lipinski definition) is 6. The number of sulfonamides is 1. The summed E-state index contributed by atoms with van der Waals surface area (Å²) >= 11 is 0. The number of carbonyl (C=O) groups is 1. The van der Waals surface area contributed by atoms with Gasteiger partial charge in [0, 0.05) is 30.4 Å². The molecule has 1 aromatic carbocycles. The minimum atomic E-state index is -3.68. The minimum Gasteiger partial charge on any atom is -0.360 e. The molecular weight excluding hydrogens is 430 g/mol. The number of amides is 1. The highest BCUT2D eigenvalue weighted by Gasteiger charge is 2.35. The maximum Gasteiger partial charge on any atom is 0.248 e. The molecule has 10 heteroatoms. The molecule has 0 unspecified atom stereocenters. The van der Waals surface area contributed by atoms with Crippen molar-refractivity contribution in [2.24, 2.45) is 5.92 Å². The first-order valence-corrected chi connectivity index (χ1v) is 12.0. The van der Waals surface area contributed by atoms with Gasteiger partial charge in [-0.15, -0.1) is 0 Å². The van der Waals surface area contributed by atoms with Gasteiger partial charge in [-0.1, -0.05) is 5.16 Å². The van der Waals surface area contributed by atoms with Gasteiger partial charge in [0.25, 0.3) is 0 Å². The van der Waals surface area contributed by atoms with Gasteiger partial charge in [0.1, 0.15) is 10.6 Å². The lowest BCUT2D eigenvalue weighted by molar-refractivity contribution is -0.120. The maximum absolute atomic E-state index is 13.0. The molecule has 1 saturated heterocycles. The maximum atomic E-state index is 13.0. The normalized spacial score (nSPS) is 15.8. The van der Waals surface area contributed by atoms with E-state index in [4.69, 9.17) is 4.52 Å². The number of aryl methyl sites for hydroxylation is 4. The van der Waals surface area contributed by atoms with Gasteiger partial charge in [0.2, 0.25) is 15.9 Å². The van der Waals surface area contributed by atoms with Crippen LogP contribution in [-0.2, 0) is 14.8 Å². The number of aromatic nitrogens is 3. The van der Waals surface area contributed by atoms with Gasteiger partial charge in [-0.25, -0.2) is 13.1 Å². The number of carbonyl (C=O) groups excluding carboxylic acids is 1. The average molecular weight is 458 g/mol. The first-order valence-electron chi connectivity index (χ1n) is 10.5. The van der Waals surface area contributed by atoms with Gasteiger partial charge in [0.15, 0.2) is 5.76 Å². The largest absolute Gasteiger partial charge is 0.360 e. The Kier molecular flexibility index (Phi) is 5.91. The van der Waals surface area contributed by atoms with Crippen molar-refractivity contribution in [2.75, 3.05) is 18.4 Å². The molecule has 32 heavy (non-hydrogen) atoms. The van der Waals surface area contributed by atoms with E-state index in [2.05, 4.69) is 15.6 Å². The Hall–Kier alpha value is -2.98. The highest BCUT2D eigenvalue weighted by molar-refractivity contribution is 7.89. The van der Waals surface area contributed by atoms with Gasteiger partial charge in [-0.3, -0.25) is 4.79 Å². The summed E-state index contributed by atoms with van der Waals surface area (Å²) in [7, 11) is -3.68. The Balaban J connectivity index is 1.37. The van der Waals surface area contributed by atoms with E-state index in [1.807, 2.05) is 48.9 Å². The van der Waals surface area contributed by atoms with E-state index in [0.29, 0.717) is 24.2 Å². The van der Waals surface area contributed by atoms with Crippen molar-refractivity contribution < 1.29 is 17.7 Å². The zero-order valence-electron chi connectivity index (χ0n) is 18.6. The van der Waals surface area contributed by atoms with Crippen LogP contribution < -0.4 is 5.32 Å². The van der Waals surface area contributed by atoms with Crippen LogP contribution in [0.5, 0.6) is 0 Å². The van der Waals surface area contributed by atoms with Gasteiger partial charge in [-0.05, 0) is 70.9 Å². The van der Waals surface area contributed by atoms with Crippen LogP contribution in [0, 0.1) is 33.6 Å². The van der Waals surface area contributed by atoms with E-state index >= 15 is 0 Å². The molecule has 170 valence electrons. The van der Waals surface area contributed by atoms with Gasteiger partial charge in [0.05, 0.1) is 11.4 Å². The zero-order valence-corrected chi connectivity index (χ0v) is 19.4. The van der Waals surface area contributed by atoms with E-state index < -0.39 is 10.0 Å². The molecule has 3 heterocycles. The van der Waals surface area contributed by atoms with Crippen molar-refractivity contribution in [3.63, 3.8) is 0 Å². The second-order valence-electron chi connectivity index (χ2n) is 8.21. The van der Waals surface area contributed by atoms with Crippen LogP contribution in [0.1, 0.15) is 35.7 Å². The molecule has 1 fully saturated rings. The van der Waals surface area contributed by atoms with Crippen LogP contribution in [0.15, 0.2) is 39.8 Å². The summed E-state index contributed by atoms with van der Waals surface area (Å²) in [6.07, 6.45) is 0.913. The lowest BCUT2D eigenvalue weighted by Crippen LogP contribution is -2.41. The van der Waals surface area contributed by atoms with Crippen molar-refractivity contribution in [1.29, 1.82) is 0 Å². The summed E-state index contributed by atoms with van der Waals surface area (Å²) in [4.78, 5) is 12.9. The third-order valence-corrected chi connectivity index (χ3v) is 7.92. The number of anilines is 1. The highest BCUT2D eigenvalue weighted by Crippen LogP contribution is 2.28. The quantitative estimate of drug-likeness (QED) is 0.630. The molecule has 9 nitrogen and oxygen atoms in total. The lowest BCUT2D eigenvalue weighted by Gasteiger charge is -2.30. The summed E-state index contributed by atoms with van der Waals surface area (Å²) in [6.45, 7) is 7.70. The molecule has 4 rings (SSSR count). The van der Waals surface area contributed by atoms with E-state index in [1.54, 1.807) is 13.8 Å². The second kappa shape index (κ2) is 8.51. The molecule has 1 N–H and O–H groups in total. The van der Waals surface area contributed by atoms with Crippen LogP contribution in [-0.4, -0.2) is 46.7 Å². The van der Waals surface area contributed by atoms with Gasteiger partial charge < -0.3 is 9.84 Å². The van der Waals surface area contributed by atoms with Crippen LogP contribution in [0.4, 0.5) is 5.69 Å². The number of nitrogens with zero attached hydrogens (tertiary/aromatic N) is 4. The molecule has 1 aliphatic rings. The molecule has 0 spiro atoms. The fourth-order valence-corrected chi connectivity index (χ4v) is 5.91. The Morgan fingerprint density at radius 2 is 1.75 bits per heavy atom. The monoisotopic (exact) mass is 457 g/mol. The van der Waals surface area contributed by atoms with Gasteiger partial charge >= 0.3 is 0 Å². The molecule has 0 atom stereocenters. The smallest absolute Gasteiger partial charge is 0.248 e. The molecule has 0 aliphatic carbocycles. The molecule has 1 aliphatic heterocycles. The van der Waals surface area contributed by atoms with Crippen molar-refractivity contribution in [1.82, 2.24) is 19.2 Å².